The largest absolute Gasteiger partial charge is 0.379 e. The van der Waals surface area contributed by atoms with Gasteiger partial charge in [-0.2, -0.15) is 0 Å². The molecule has 0 bridgehead atoms. The molecule has 2 aliphatic heterocycles. The van der Waals surface area contributed by atoms with E-state index in [-0.39, 0.29) is 24.0 Å². The van der Waals surface area contributed by atoms with E-state index in [0.717, 1.165) is 31.7 Å². The van der Waals surface area contributed by atoms with Gasteiger partial charge >= 0.3 is 0 Å². The first kappa shape index (κ1) is 17.5. The molecule has 0 radical (unpaired) electrons. The van der Waals surface area contributed by atoms with Crippen LogP contribution in [0.5, 0.6) is 0 Å². The molecule has 2 atom stereocenters. The number of hydrogen-bond donors (Lipinski definition) is 1. The quantitative estimate of drug-likeness (QED) is 0.846. The van der Waals surface area contributed by atoms with E-state index in [1.165, 1.54) is 12.8 Å². The Morgan fingerprint density at radius 2 is 2.04 bits per heavy atom. The van der Waals surface area contributed by atoms with E-state index >= 15 is 0 Å². The summed E-state index contributed by atoms with van der Waals surface area (Å²) in [5, 5.41) is 3.06. The van der Waals surface area contributed by atoms with Gasteiger partial charge in [-0.1, -0.05) is 0 Å². The van der Waals surface area contributed by atoms with Crippen LogP contribution in [0.15, 0.2) is 24.3 Å². The molecule has 2 saturated heterocycles. The molecule has 4 rings (SSSR count). The zero-order valence-corrected chi connectivity index (χ0v) is 15.0. The second kappa shape index (κ2) is 7.76. The van der Waals surface area contributed by atoms with E-state index in [1.807, 2.05) is 12.1 Å². The van der Waals surface area contributed by atoms with Gasteiger partial charge in [0.1, 0.15) is 0 Å². The summed E-state index contributed by atoms with van der Waals surface area (Å²) < 4.78 is 11.5. The molecule has 0 aromatic heterocycles. The van der Waals surface area contributed by atoms with Gasteiger partial charge in [0.2, 0.25) is 5.91 Å². The van der Waals surface area contributed by atoms with Crippen LogP contribution >= 0.6 is 0 Å². The van der Waals surface area contributed by atoms with Crippen LogP contribution < -0.4 is 10.2 Å². The summed E-state index contributed by atoms with van der Waals surface area (Å²) in [6.07, 6.45) is 4.85. The van der Waals surface area contributed by atoms with Gasteiger partial charge in [-0.05, 0) is 55.9 Å². The molecule has 0 spiro atoms. The second-order valence-corrected chi connectivity index (χ2v) is 7.45. The van der Waals surface area contributed by atoms with E-state index < -0.39 is 0 Å². The lowest BCUT2D eigenvalue weighted by Crippen LogP contribution is -2.50. The third kappa shape index (κ3) is 4.07. The molecule has 1 aromatic carbocycles. The molecule has 1 saturated carbocycles. The minimum Gasteiger partial charge on any atom is -0.379 e. The van der Waals surface area contributed by atoms with Crippen molar-refractivity contribution in [2.75, 3.05) is 31.3 Å². The summed E-state index contributed by atoms with van der Waals surface area (Å²) in [6.45, 7) is 2.71. The number of nitrogens with zero attached hydrogens (tertiary/aromatic N) is 1. The smallest absolute Gasteiger partial charge is 0.251 e. The molecule has 2 heterocycles. The van der Waals surface area contributed by atoms with E-state index in [0.29, 0.717) is 31.1 Å². The SMILES string of the molecule is O=C(N[C@@H]1COCC[C@@H]1OCC1CC1)c1ccc(N2CCCC2=O)cc1. The zero-order chi connectivity index (χ0) is 17.9. The molecule has 3 fully saturated rings. The molecule has 1 aliphatic carbocycles. The molecule has 2 amide bonds. The van der Waals surface area contributed by atoms with Crippen molar-refractivity contribution in [3.05, 3.63) is 29.8 Å². The number of ether oxygens (including phenoxy) is 2. The lowest BCUT2D eigenvalue weighted by atomic mass is 10.1. The van der Waals surface area contributed by atoms with Gasteiger partial charge in [0.05, 0.1) is 18.8 Å². The second-order valence-electron chi connectivity index (χ2n) is 7.45. The van der Waals surface area contributed by atoms with Crippen LogP contribution in [0.3, 0.4) is 0 Å². The van der Waals surface area contributed by atoms with Crippen molar-refractivity contribution in [3.63, 3.8) is 0 Å². The van der Waals surface area contributed by atoms with Crippen LogP contribution in [0.2, 0.25) is 0 Å². The number of carbonyl (C=O) groups is 2. The number of hydrogen-bond acceptors (Lipinski definition) is 4. The van der Waals surface area contributed by atoms with Crippen LogP contribution in [0, 0.1) is 5.92 Å². The van der Waals surface area contributed by atoms with Gasteiger partial charge < -0.3 is 19.7 Å². The summed E-state index contributed by atoms with van der Waals surface area (Å²) in [7, 11) is 0. The number of nitrogens with one attached hydrogen (secondary N) is 1. The summed E-state index contributed by atoms with van der Waals surface area (Å²) in [5.41, 5.74) is 1.45. The first-order valence-corrected chi connectivity index (χ1v) is 9.61. The maximum atomic E-state index is 12.6. The molecule has 0 unspecified atom stereocenters. The van der Waals surface area contributed by atoms with Crippen molar-refractivity contribution in [3.8, 4) is 0 Å². The molecular formula is C20H26N2O4. The Hall–Kier alpha value is -1.92. The topological polar surface area (TPSA) is 67.9 Å². The average molecular weight is 358 g/mol. The molecule has 6 heteroatoms. The molecule has 6 nitrogen and oxygen atoms in total. The van der Waals surface area contributed by atoms with Crippen molar-refractivity contribution in [1.82, 2.24) is 5.32 Å². The molecule has 140 valence electrons. The highest BCUT2D eigenvalue weighted by atomic mass is 16.5. The van der Waals surface area contributed by atoms with Gasteiger partial charge in [0, 0.05) is 37.4 Å². The molecule has 3 aliphatic rings. The Labute approximate surface area is 153 Å². The maximum Gasteiger partial charge on any atom is 0.251 e. The van der Waals surface area contributed by atoms with Crippen LogP contribution in [0.25, 0.3) is 0 Å². The predicted octanol–water partition coefficient (Wildman–Crippen LogP) is 2.13. The van der Waals surface area contributed by atoms with E-state index in [4.69, 9.17) is 9.47 Å². The van der Waals surface area contributed by atoms with Crippen LogP contribution in [0.4, 0.5) is 5.69 Å². The zero-order valence-electron chi connectivity index (χ0n) is 15.0. The third-order valence-electron chi connectivity index (χ3n) is 5.37. The third-order valence-corrected chi connectivity index (χ3v) is 5.37. The fourth-order valence-electron chi connectivity index (χ4n) is 3.56. The monoisotopic (exact) mass is 358 g/mol. The van der Waals surface area contributed by atoms with Crippen LogP contribution in [0.1, 0.15) is 42.5 Å². The van der Waals surface area contributed by atoms with Crippen molar-refractivity contribution in [2.45, 2.75) is 44.2 Å². The van der Waals surface area contributed by atoms with Crippen LogP contribution in [-0.4, -0.2) is 50.3 Å². The first-order chi connectivity index (χ1) is 12.7. The Balaban J connectivity index is 1.36. The normalized spacial score (nSPS) is 26.2. The predicted molar refractivity (Wildman–Crippen MR) is 97.2 cm³/mol. The number of rotatable bonds is 6. The average Bonchev–Trinajstić information content (AvgIpc) is 3.40. The van der Waals surface area contributed by atoms with Crippen LogP contribution in [-0.2, 0) is 14.3 Å². The van der Waals surface area contributed by atoms with Gasteiger partial charge in [0.15, 0.2) is 0 Å². The Morgan fingerprint density at radius 1 is 1.23 bits per heavy atom. The van der Waals surface area contributed by atoms with E-state index in [1.54, 1.807) is 17.0 Å². The Bertz CT molecular complexity index is 656. The highest BCUT2D eigenvalue weighted by molar-refractivity contribution is 5.97. The highest BCUT2D eigenvalue weighted by Gasteiger charge is 2.31. The first-order valence-electron chi connectivity index (χ1n) is 9.61. The highest BCUT2D eigenvalue weighted by Crippen LogP contribution is 2.30. The Kier molecular flexibility index (Phi) is 5.22. The lowest BCUT2D eigenvalue weighted by Gasteiger charge is -2.32. The molecular weight excluding hydrogens is 332 g/mol. The number of benzene rings is 1. The summed E-state index contributed by atoms with van der Waals surface area (Å²) in [5.74, 6) is 0.729. The lowest BCUT2D eigenvalue weighted by molar-refractivity contribution is -0.117. The van der Waals surface area contributed by atoms with Crippen molar-refractivity contribution >= 4 is 17.5 Å². The van der Waals surface area contributed by atoms with Gasteiger partial charge in [-0.15, -0.1) is 0 Å². The fraction of sp³-hybridized carbons (Fsp3) is 0.600. The Morgan fingerprint density at radius 3 is 2.73 bits per heavy atom. The van der Waals surface area contributed by atoms with Gasteiger partial charge in [0.25, 0.3) is 5.91 Å². The summed E-state index contributed by atoms with van der Waals surface area (Å²) in [4.78, 5) is 26.2. The van der Waals surface area contributed by atoms with Crippen molar-refractivity contribution in [2.24, 2.45) is 5.92 Å². The summed E-state index contributed by atoms with van der Waals surface area (Å²) in [6, 6.07) is 7.13. The van der Waals surface area contributed by atoms with Crippen molar-refractivity contribution in [1.29, 1.82) is 0 Å². The number of anilines is 1. The fourth-order valence-corrected chi connectivity index (χ4v) is 3.56. The van der Waals surface area contributed by atoms with Gasteiger partial charge in [-0.3, -0.25) is 9.59 Å². The minimum atomic E-state index is -0.125. The van der Waals surface area contributed by atoms with E-state index in [2.05, 4.69) is 5.32 Å². The van der Waals surface area contributed by atoms with Gasteiger partial charge in [-0.25, -0.2) is 0 Å². The minimum absolute atomic E-state index is 0.0230. The number of carbonyl (C=O) groups excluding carboxylic acids is 2. The summed E-state index contributed by atoms with van der Waals surface area (Å²) >= 11 is 0. The molecule has 1 aromatic rings. The standard InChI is InChI=1S/C20H26N2O4/c23-19-2-1-10-22(19)16-7-5-15(6-8-16)20(24)21-17-13-25-11-9-18(17)26-12-14-3-4-14/h5-8,14,17-18H,1-4,9-13H2,(H,21,24)/t17-,18+/m1/s1. The van der Waals surface area contributed by atoms with E-state index in [9.17, 15) is 9.59 Å². The maximum absolute atomic E-state index is 12.6. The molecule has 26 heavy (non-hydrogen) atoms. The molecule has 1 N–H and O–H groups in total. The number of amides is 2. The van der Waals surface area contributed by atoms with Crippen molar-refractivity contribution < 1.29 is 19.1 Å².